The summed E-state index contributed by atoms with van der Waals surface area (Å²) in [4.78, 5) is 14.8. The second kappa shape index (κ2) is 7.97. The van der Waals surface area contributed by atoms with E-state index in [1.165, 1.54) is 18.2 Å². The maximum atomic E-state index is 13.7. The van der Waals surface area contributed by atoms with Gasteiger partial charge in [0.1, 0.15) is 11.6 Å². The van der Waals surface area contributed by atoms with Gasteiger partial charge in [-0.15, -0.1) is 0 Å². The van der Waals surface area contributed by atoms with Crippen molar-refractivity contribution < 1.29 is 18.3 Å². The average Bonchev–Trinajstić information content (AvgIpc) is 3.05. The highest BCUT2D eigenvalue weighted by atomic mass is 19.1. The standard InChI is InChI=1S/C22H24F2N2O2/c1-14-19(24)3-2-4-20(14)25-22(27)12-26-11-17(15-5-7-16(23)8-6-15)18-13-28-10-9-21(18)26/h2-8,17-18,21H,9-13H2,1H3,(H,25,27)/t17-,18-,21-/m1/s1. The molecule has 0 aliphatic carbocycles. The van der Waals surface area contributed by atoms with Crippen molar-refractivity contribution in [3.63, 3.8) is 0 Å². The Morgan fingerprint density at radius 2 is 2.00 bits per heavy atom. The van der Waals surface area contributed by atoms with E-state index in [0.717, 1.165) is 18.5 Å². The SMILES string of the molecule is Cc1c(F)cccc1NC(=O)CN1C[C@H](c2ccc(F)cc2)[C@H]2COCC[C@H]21. The third-order valence-electron chi connectivity index (χ3n) is 5.97. The van der Waals surface area contributed by atoms with Gasteiger partial charge in [0.15, 0.2) is 0 Å². The number of nitrogens with zero attached hydrogens (tertiary/aromatic N) is 1. The number of rotatable bonds is 4. The van der Waals surface area contributed by atoms with E-state index in [2.05, 4.69) is 10.2 Å². The number of benzene rings is 2. The molecule has 1 N–H and O–H groups in total. The van der Waals surface area contributed by atoms with Crippen LogP contribution in [0.4, 0.5) is 14.5 Å². The van der Waals surface area contributed by atoms with E-state index >= 15 is 0 Å². The molecule has 2 fully saturated rings. The van der Waals surface area contributed by atoms with Gasteiger partial charge in [0, 0.05) is 42.3 Å². The Labute approximate surface area is 163 Å². The number of anilines is 1. The molecule has 4 rings (SSSR count). The highest BCUT2D eigenvalue weighted by Gasteiger charge is 2.44. The molecule has 2 aromatic rings. The zero-order chi connectivity index (χ0) is 19.7. The number of ether oxygens (including phenoxy) is 1. The molecule has 3 atom stereocenters. The first kappa shape index (κ1) is 19.0. The van der Waals surface area contributed by atoms with Crippen molar-refractivity contribution in [1.29, 1.82) is 0 Å². The molecule has 28 heavy (non-hydrogen) atoms. The summed E-state index contributed by atoms with van der Waals surface area (Å²) >= 11 is 0. The Morgan fingerprint density at radius 3 is 2.79 bits per heavy atom. The Kier molecular flexibility index (Phi) is 5.42. The fourth-order valence-electron chi connectivity index (χ4n) is 4.47. The number of halogens is 2. The maximum absolute atomic E-state index is 13.7. The van der Waals surface area contributed by atoms with Gasteiger partial charge in [0.2, 0.25) is 5.91 Å². The monoisotopic (exact) mass is 386 g/mol. The predicted octanol–water partition coefficient (Wildman–Crippen LogP) is 3.72. The first-order valence-electron chi connectivity index (χ1n) is 9.65. The van der Waals surface area contributed by atoms with E-state index in [0.29, 0.717) is 24.5 Å². The van der Waals surface area contributed by atoms with E-state index in [-0.39, 0.29) is 42.0 Å². The number of hydrogen-bond donors (Lipinski definition) is 1. The minimum atomic E-state index is -0.333. The van der Waals surface area contributed by atoms with Gasteiger partial charge in [-0.1, -0.05) is 18.2 Å². The van der Waals surface area contributed by atoms with Crippen LogP contribution in [0.5, 0.6) is 0 Å². The molecule has 2 aliphatic heterocycles. The fourth-order valence-corrected chi connectivity index (χ4v) is 4.47. The van der Waals surface area contributed by atoms with E-state index in [1.807, 2.05) is 12.1 Å². The molecule has 148 valence electrons. The van der Waals surface area contributed by atoms with Crippen LogP contribution in [0.2, 0.25) is 0 Å². The zero-order valence-electron chi connectivity index (χ0n) is 15.8. The van der Waals surface area contributed by atoms with Crippen LogP contribution in [0, 0.1) is 24.5 Å². The number of nitrogens with one attached hydrogen (secondary N) is 1. The molecular weight excluding hydrogens is 362 g/mol. The minimum absolute atomic E-state index is 0.154. The topological polar surface area (TPSA) is 41.6 Å². The quantitative estimate of drug-likeness (QED) is 0.871. The van der Waals surface area contributed by atoms with Gasteiger partial charge < -0.3 is 10.1 Å². The van der Waals surface area contributed by atoms with Crippen LogP contribution in [0.1, 0.15) is 23.5 Å². The number of carbonyl (C=O) groups excluding carboxylic acids is 1. The van der Waals surface area contributed by atoms with E-state index in [9.17, 15) is 13.6 Å². The lowest BCUT2D eigenvalue weighted by Crippen LogP contribution is -2.42. The smallest absolute Gasteiger partial charge is 0.238 e. The number of hydrogen-bond acceptors (Lipinski definition) is 3. The lowest BCUT2D eigenvalue weighted by Gasteiger charge is -2.32. The molecule has 6 heteroatoms. The molecular formula is C22H24F2N2O2. The van der Waals surface area contributed by atoms with Crippen molar-refractivity contribution in [3.05, 3.63) is 65.2 Å². The number of carbonyl (C=O) groups is 1. The summed E-state index contributed by atoms with van der Waals surface area (Å²) in [6.07, 6.45) is 0.870. The summed E-state index contributed by atoms with van der Waals surface area (Å²) in [7, 11) is 0. The van der Waals surface area contributed by atoms with Crippen molar-refractivity contribution in [3.8, 4) is 0 Å². The summed E-state index contributed by atoms with van der Waals surface area (Å²) in [6.45, 7) is 3.95. The Bertz CT molecular complexity index is 856. The number of fused-ring (bicyclic) bond motifs is 1. The van der Waals surface area contributed by atoms with Gasteiger partial charge >= 0.3 is 0 Å². The Balaban J connectivity index is 1.48. The lowest BCUT2D eigenvalue weighted by molar-refractivity contribution is -0.118. The molecule has 2 heterocycles. The summed E-state index contributed by atoms with van der Waals surface area (Å²) < 4.78 is 32.7. The van der Waals surface area contributed by atoms with Crippen molar-refractivity contribution >= 4 is 11.6 Å². The molecule has 0 aromatic heterocycles. The first-order valence-corrected chi connectivity index (χ1v) is 9.65. The summed E-state index contributed by atoms with van der Waals surface area (Å²) in [6, 6.07) is 11.5. The second-order valence-electron chi connectivity index (χ2n) is 7.64. The third kappa shape index (κ3) is 3.80. The largest absolute Gasteiger partial charge is 0.381 e. The van der Waals surface area contributed by atoms with Crippen molar-refractivity contribution in [2.75, 3.05) is 31.6 Å². The predicted molar refractivity (Wildman–Crippen MR) is 103 cm³/mol. The van der Waals surface area contributed by atoms with Gasteiger partial charge in [-0.25, -0.2) is 8.78 Å². The third-order valence-corrected chi connectivity index (χ3v) is 5.97. The molecule has 0 radical (unpaired) electrons. The van der Waals surface area contributed by atoms with Crippen LogP contribution >= 0.6 is 0 Å². The minimum Gasteiger partial charge on any atom is -0.381 e. The molecule has 0 bridgehead atoms. The van der Waals surface area contributed by atoms with Crippen LogP contribution in [0.15, 0.2) is 42.5 Å². The van der Waals surface area contributed by atoms with Crippen LogP contribution in [0.25, 0.3) is 0 Å². The van der Waals surface area contributed by atoms with Gasteiger partial charge in [-0.2, -0.15) is 0 Å². The van der Waals surface area contributed by atoms with E-state index in [1.54, 1.807) is 19.1 Å². The van der Waals surface area contributed by atoms with Crippen molar-refractivity contribution in [2.45, 2.75) is 25.3 Å². The summed E-state index contributed by atoms with van der Waals surface area (Å²) in [5.41, 5.74) is 2.01. The highest BCUT2D eigenvalue weighted by molar-refractivity contribution is 5.93. The Morgan fingerprint density at radius 1 is 1.21 bits per heavy atom. The van der Waals surface area contributed by atoms with Crippen molar-refractivity contribution in [1.82, 2.24) is 4.90 Å². The molecule has 2 saturated heterocycles. The van der Waals surface area contributed by atoms with Gasteiger partial charge in [0.25, 0.3) is 0 Å². The van der Waals surface area contributed by atoms with Crippen LogP contribution in [0.3, 0.4) is 0 Å². The van der Waals surface area contributed by atoms with Crippen LogP contribution < -0.4 is 5.32 Å². The molecule has 0 saturated carbocycles. The van der Waals surface area contributed by atoms with Crippen molar-refractivity contribution in [2.24, 2.45) is 5.92 Å². The molecule has 4 nitrogen and oxygen atoms in total. The van der Waals surface area contributed by atoms with Gasteiger partial charge in [-0.05, 0) is 43.2 Å². The fraction of sp³-hybridized carbons (Fsp3) is 0.409. The first-order chi connectivity index (χ1) is 13.5. The van der Waals surface area contributed by atoms with Crippen LogP contribution in [-0.4, -0.2) is 43.2 Å². The molecule has 2 aromatic carbocycles. The number of likely N-dealkylation sites (tertiary alicyclic amines) is 1. The average molecular weight is 386 g/mol. The lowest BCUT2D eigenvalue weighted by atomic mass is 9.84. The summed E-state index contributed by atoms with van der Waals surface area (Å²) in [5, 5.41) is 2.83. The molecule has 1 amide bonds. The molecule has 0 spiro atoms. The Hall–Kier alpha value is -2.31. The normalized spacial score (nSPS) is 24.8. The van der Waals surface area contributed by atoms with Gasteiger partial charge in [-0.3, -0.25) is 9.69 Å². The van der Waals surface area contributed by atoms with Gasteiger partial charge in [0.05, 0.1) is 13.2 Å². The van der Waals surface area contributed by atoms with Crippen LogP contribution in [-0.2, 0) is 9.53 Å². The highest BCUT2D eigenvalue weighted by Crippen LogP contribution is 2.40. The zero-order valence-corrected chi connectivity index (χ0v) is 15.8. The number of amides is 1. The van der Waals surface area contributed by atoms with E-state index < -0.39 is 0 Å². The second-order valence-corrected chi connectivity index (χ2v) is 7.64. The maximum Gasteiger partial charge on any atom is 0.238 e. The van der Waals surface area contributed by atoms with E-state index in [4.69, 9.17) is 4.74 Å². The molecule has 2 aliphatic rings. The molecule has 0 unspecified atom stereocenters. The summed E-state index contributed by atoms with van der Waals surface area (Å²) in [5.74, 6) is -0.254.